The third-order valence-electron chi connectivity index (χ3n) is 5.67. The van der Waals surface area contributed by atoms with E-state index in [2.05, 4.69) is 45.0 Å². The molecule has 0 aromatic carbocycles. The van der Waals surface area contributed by atoms with Gasteiger partial charge in [0.1, 0.15) is 12.0 Å². The summed E-state index contributed by atoms with van der Waals surface area (Å²) in [6, 6.07) is 2.30. The summed E-state index contributed by atoms with van der Waals surface area (Å²) in [5.74, 6) is 0.235. The number of fused-ring (bicyclic) bond motifs is 1. The van der Waals surface area contributed by atoms with E-state index < -0.39 is 0 Å². The lowest BCUT2D eigenvalue weighted by molar-refractivity contribution is -0.133. The van der Waals surface area contributed by atoms with Crippen LogP contribution in [0.4, 0.5) is 0 Å². The monoisotopic (exact) mass is 381 g/mol. The number of amides is 1. The molecule has 8 heteroatoms. The van der Waals surface area contributed by atoms with Crippen LogP contribution in [-0.4, -0.2) is 73.2 Å². The van der Waals surface area contributed by atoms with E-state index in [1.165, 1.54) is 0 Å². The average Bonchev–Trinajstić information content (AvgIpc) is 3.41. The molecule has 1 amide bonds. The van der Waals surface area contributed by atoms with Crippen LogP contribution in [0.15, 0.2) is 31.0 Å². The Hall–Kier alpha value is -2.74. The maximum Gasteiger partial charge on any atom is 0.236 e. The molecule has 1 fully saturated rings. The number of nitrogens with one attached hydrogen (secondary N) is 1. The number of hydrogen-bond donors (Lipinski definition) is 1. The number of carbonyl (C=O) groups excluding carboxylic acids is 1. The van der Waals surface area contributed by atoms with Gasteiger partial charge in [-0.05, 0) is 32.0 Å². The highest BCUT2D eigenvalue weighted by Crippen LogP contribution is 2.27. The summed E-state index contributed by atoms with van der Waals surface area (Å²) in [5.41, 5.74) is 2.72. The van der Waals surface area contributed by atoms with Gasteiger partial charge in [0, 0.05) is 36.4 Å². The predicted octanol–water partition coefficient (Wildman–Crippen LogP) is 2.33. The van der Waals surface area contributed by atoms with Gasteiger partial charge in [0.2, 0.25) is 5.91 Å². The van der Waals surface area contributed by atoms with Crippen LogP contribution >= 0.6 is 0 Å². The highest BCUT2D eigenvalue weighted by Gasteiger charge is 2.25. The number of nitrogens with zero attached hydrogens (tertiary/aromatic N) is 6. The van der Waals surface area contributed by atoms with E-state index in [1.54, 1.807) is 6.33 Å². The van der Waals surface area contributed by atoms with Crippen molar-refractivity contribution in [2.24, 2.45) is 0 Å². The fourth-order valence-electron chi connectivity index (χ4n) is 3.88. The summed E-state index contributed by atoms with van der Waals surface area (Å²) in [6.07, 6.45) is 9.23. The van der Waals surface area contributed by atoms with E-state index in [-0.39, 0.29) is 5.91 Å². The molecule has 0 unspecified atom stereocenters. The molecule has 0 radical (unpaired) electrons. The standard InChI is InChI=1S/C20H27N7O/c1-3-25(4-2)13-18(28)26-9-6-16(7-10-26)27-12-15(11-24-27)19-17-5-8-21-20(17)23-14-22-19/h5,8,11-12,14,16H,3-4,6-7,9-10,13H2,1-2H3,(H,21,22,23). The Labute approximate surface area is 164 Å². The number of aromatic amines is 1. The molecule has 1 aliphatic rings. The summed E-state index contributed by atoms with van der Waals surface area (Å²) in [6.45, 7) is 8.10. The van der Waals surface area contributed by atoms with Gasteiger partial charge in [0.25, 0.3) is 0 Å². The van der Waals surface area contributed by atoms with Crippen LogP contribution in [0.25, 0.3) is 22.3 Å². The highest BCUT2D eigenvalue weighted by atomic mass is 16.2. The zero-order valence-electron chi connectivity index (χ0n) is 16.5. The van der Waals surface area contributed by atoms with Crippen LogP contribution in [0.2, 0.25) is 0 Å². The number of carbonyl (C=O) groups is 1. The Bertz CT molecular complexity index is 935. The topological polar surface area (TPSA) is 82.9 Å². The van der Waals surface area contributed by atoms with E-state index in [1.807, 2.05) is 28.0 Å². The number of aromatic nitrogens is 5. The van der Waals surface area contributed by atoms with Gasteiger partial charge in [-0.2, -0.15) is 5.10 Å². The van der Waals surface area contributed by atoms with Crippen molar-refractivity contribution in [2.45, 2.75) is 32.7 Å². The minimum absolute atomic E-state index is 0.235. The molecule has 28 heavy (non-hydrogen) atoms. The Morgan fingerprint density at radius 1 is 1.25 bits per heavy atom. The van der Waals surface area contributed by atoms with Crippen molar-refractivity contribution in [2.75, 3.05) is 32.7 Å². The van der Waals surface area contributed by atoms with E-state index >= 15 is 0 Å². The first-order valence-electron chi connectivity index (χ1n) is 10.0. The smallest absolute Gasteiger partial charge is 0.236 e. The second-order valence-electron chi connectivity index (χ2n) is 7.24. The average molecular weight is 381 g/mol. The zero-order chi connectivity index (χ0) is 19.5. The first-order chi connectivity index (χ1) is 13.7. The van der Waals surface area contributed by atoms with Gasteiger partial charge in [0.15, 0.2) is 0 Å². The number of hydrogen-bond acceptors (Lipinski definition) is 5. The number of rotatable bonds is 6. The minimum atomic E-state index is 0.235. The molecule has 4 rings (SSSR count). The molecule has 0 atom stereocenters. The van der Waals surface area contributed by atoms with Crippen LogP contribution < -0.4 is 0 Å². The van der Waals surface area contributed by atoms with Crippen LogP contribution in [0.5, 0.6) is 0 Å². The summed E-state index contributed by atoms with van der Waals surface area (Å²) in [7, 11) is 0. The molecule has 0 aliphatic carbocycles. The SMILES string of the molecule is CCN(CC)CC(=O)N1CCC(n2cc(-c3ncnc4[nH]ccc34)cn2)CC1. The largest absolute Gasteiger partial charge is 0.346 e. The summed E-state index contributed by atoms with van der Waals surface area (Å²) in [5, 5.41) is 5.59. The fraction of sp³-hybridized carbons (Fsp3) is 0.500. The molecular formula is C20H27N7O. The molecule has 4 heterocycles. The maximum atomic E-state index is 12.5. The quantitative estimate of drug-likeness (QED) is 0.709. The fourth-order valence-corrected chi connectivity index (χ4v) is 3.88. The molecule has 8 nitrogen and oxygen atoms in total. The highest BCUT2D eigenvalue weighted by molar-refractivity contribution is 5.89. The molecule has 3 aromatic heterocycles. The van der Waals surface area contributed by atoms with Crippen molar-refractivity contribution in [1.82, 2.24) is 34.5 Å². The Morgan fingerprint density at radius 2 is 2.04 bits per heavy atom. The normalized spacial score (nSPS) is 15.6. The maximum absolute atomic E-state index is 12.5. The van der Waals surface area contributed by atoms with E-state index in [9.17, 15) is 4.79 Å². The van der Waals surface area contributed by atoms with Gasteiger partial charge in [-0.25, -0.2) is 9.97 Å². The summed E-state index contributed by atoms with van der Waals surface area (Å²) >= 11 is 0. The van der Waals surface area contributed by atoms with Crippen molar-refractivity contribution in [1.29, 1.82) is 0 Å². The second kappa shape index (κ2) is 8.10. The predicted molar refractivity (Wildman–Crippen MR) is 108 cm³/mol. The molecule has 1 N–H and O–H groups in total. The van der Waals surface area contributed by atoms with Gasteiger partial charge in [0.05, 0.1) is 24.5 Å². The number of likely N-dealkylation sites (tertiary alicyclic amines) is 1. The molecule has 1 aliphatic heterocycles. The number of H-pyrrole nitrogens is 1. The first-order valence-corrected chi connectivity index (χ1v) is 10.0. The van der Waals surface area contributed by atoms with Crippen molar-refractivity contribution in [3.05, 3.63) is 31.0 Å². The lowest BCUT2D eigenvalue weighted by Crippen LogP contribution is -2.44. The molecule has 3 aromatic rings. The Kier molecular flexibility index (Phi) is 5.38. The molecule has 0 bridgehead atoms. The number of piperidine rings is 1. The van der Waals surface area contributed by atoms with E-state index in [0.29, 0.717) is 12.6 Å². The van der Waals surface area contributed by atoms with Gasteiger partial charge in [-0.1, -0.05) is 13.8 Å². The van der Waals surface area contributed by atoms with Gasteiger partial charge < -0.3 is 9.88 Å². The van der Waals surface area contributed by atoms with Gasteiger partial charge in [-0.3, -0.25) is 14.4 Å². The van der Waals surface area contributed by atoms with Gasteiger partial charge in [-0.15, -0.1) is 0 Å². The second-order valence-corrected chi connectivity index (χ2v) is 7.24. The Morgan fingerprint density at radius 3 is 2.79 bits per heavy atom. The molecule has 0 saturated carbocycles. The Balaban J connectivity index is 1.41. The van der Waals surface area contributed by atoms with Crippen molar-refractivity contribution in [3.8, 4) is 11.3 Å². The molecule has 148 valence electrons. The lowest BCUT2D eigenvalue weighted by Gasteiger charge is -2.33. The van der Waals surface area contributed by atoms with Crippen LogP contribution in [0.3, 0.4) is 0 Å². The van der Waals surface area contributed by atoms with Crippen LogP contribution in [0, 0.1) is 0 Å². The third-order valence-corrected chi connectivity index (χ3v) is 5.67. The molecule has 0 spiro atoms. The summed E-state index contributed by atoms with van der Waals surface area (Å²) < 4.78 is 2.03. The van der Waals surface area contributed by atoms with E-state index in [4.69, 9.17) is 0 Å². The minimum Gasteiger partial charge on any atom is -0.346 e. The summed E-state index contributed by atoms with van der Waals surface area (Å²) in [4.78, 5) is 28.5. The first kappa shape index (κ1) is 18.6. The molecule has 1 saturated heterocycles. The lowest BCUT2D eigenvalue weighted by atomic mass is 10.1. The zero-order valence-corrected chi connectivity index (χ0v) is 16.5. The number of likely N-dealkylation sites (N-methyl/N-ethyl adjacent to an activating group) is 1. The van der Waals surface area contributed by atoms with Crippen LogP contribution in [-0.2, 0) is 4.79 Å². The van der Waals surface area contributed by atoms with Crippen molar-refractivity contribution >= 4 is 16.9 Å². The molecular weight excluding hydrogens is 354 g/mol. The van der Waals surface area contributed by atoms with Crippen LogP contribution in [0.1, 0.15) is 32.7 Å². The third kappa shape index (κ3) is 3.64. The van der Waals surface area contributed by atoms with Gasteiger partial charge >= 0.3 is 0 Å². The van der Waals surface area contributed by atoms with E-state index in [0.717, 1.165) is 61.3 Å². The van der Waals surface area contributed by atoms with Crippen molar-refractivity contribution in [3.63, 3.8) is 0 Å². The van der Waals surface area contributed by atoms with Crippen molar-refractivity contribution < 1.29 is 4.79 Å².